The molecule has 0 aromatic heterocycles. The molecule has 0 bridgehead atoms. The van der Waals surface area contributed by atoms with Crippen LogP contribution in [0.15, 0.2) is 48.5 Å². The zero-order chi connectivity index (χ0) is 27.1. The molecule has 3 aliphatic carbocycles. The van der Waals surface area contributed by atoms with Crippen LogP contribution in [0.4, 0.5) is 0 Å². The topological polar surface area (TPSA) is 46.5 Å². The number of benzene rings is 2. The second kappa shape index (κ2) is 13.5. The van der Waals surface area contributed by atoms with Gasteiger partial charge < -0.3 is 9.84 Å². The highest BCUT2D eigenvalue weighted by Crippen LogP contribution is 2.61. The number of hydrogen-bond donors (Lipinski definition) is 1. The summed E-state index contributed by atoms with van der Waals surface area (Å²) in [6.07, 6.45) is 17.9. The number of unbranched alkanes of at least 4 members (excludes halogenated alkanes) is 8. The fraction of sp³-hybridized carbons (Fsp3) is 0.639. The minimum Gasteiger partial charge on any atom is -0.489 e. The van der Waals surface area contributed by atoms with Gasteiger partial charge in [-0.25, -0.2) is 0 Å². The van der Waals surface area contributed by atoms with Crippen molar-refractivity contribution in [3.8, 4) is 5.75 Å². The van der Waals surface area contributed by atoms with E-state index in [0.717, 1.165) is 50.7 Å². The molecule has 0 amide bonds. The number of fused-ring (bicyclic) bond motifs is 5. The quantitative estimate of drug-likeness (QED) is 0.248. The monoisotopic (exact) mass is 530 g/mol. The van der Waals surface area contributed by atoms with Gasteiger partial charge in [-0.2, -0.15) is 0 Å². The molecule has 2 aromatic carbocycles. The first-order valence-electron chi connectivity index (χ1n) is 16.0. The van der Waals surface area contributed by atoms with Gasteiger partial charge in [0.05, 0.1) is 0 Å². The first kappa shape index (κ1) is 28.4. The standard InChI is InChI=1S/C36H50O3/c1-36-22-21-32-31-20-18-30(39-26-27-14-10-9-11-15-27)24-28(31)17-19-33(32)34(36)25-29(35(36)38)16-12-7-5-3-2-4-6-8-13-23-37/h9-11,14-15,18,20,24,29,32-34,37H,2-8,12-13,16-17,19,21-23,25-26H2,1H3/t29-,32+,33+,34-,36-/m0/s1. The van der Waals surface area contributed by atoms with Gasteiger partial charge in [0.1, 0.15) is 18.1 Å². The normalized spacial score (nSPS) is 27.6. The first-order valence-corrected chi connectivity index (χ1v) is 16.0. The summed E-state index contributed by atoms with van der Waals surface area (Å²) in [6, 6.07) is 17.2. The Morgan fingerprint density at radius 1 is 0.897 bits per heavy atom. The summed E-state index contributed by atoms with van der Waals surface area (Å²) in [5.41, 5.74) is 4.12. The summed E-state index contributed by atoms with van der Waals surface area (Å²) in [4.78, 5) is 13.7. The van der Waals surface area contributed by atoms with E-state index in [1.54, 1.807) is 0 Å². The van der Waals surface area contributed by atoms with Gasteiger partial charge in [-0.15, -0.1) is 0 Å². The molecule has 3 heteroatoms. The molecule has 2 aromatic rings. The van der Waals surface area contributed by atoms with Crippen LogP contribution in [0, 0.1) is 23.2 Å². The number of rotatable bonds is 14. The van der Waals surface area contributed by atoms with E-state index in [0.29, 0.717) is 42.7 Å². The minimum absolute atomic E-state index is 0.0867. The van der Waals surface area contributed by atoms with E-state index >= 15 is 0 Å². The predicted molar refractivity (Wildman–Crippen MR) is 159 cm³/mol. The maximum absolute atomic E-state index is 13.7. The Morgan fingerprint density at radius 2 is 1.62 bits per heavy atom. The van der Waals surface area contributed by atoms with Crippen LogP contribution in [0.25, 0.3) is 0 Å². The number of hydrogen-bond acceptors (Lipinski definition) is 3. The molecule has 0 radical (unpaired) electrons. The third-order valence-corrected chi connectivity index (χ3v) is 10.5. The van der Waals surface area contributed by atoms with Crippen LogP contribution in [0.1, 0.15) is 119 Å². The van der Waals surface area contributed by atoms with E-state index in [1.807, 2.05) is 6.07 Å². The fourth-order valence-electron chi connectivity index (χ4n) is 8.32. The molecule has 0 aliphatic heterocycles. The summed E-state index contributed by atoms with van der Waals surface area (Å²) in [7, 11) is 0. The van der Waals surface area contributed by atoms with Gasteiger partial charge in [0.2, 0.25) is 0 Å². The van der Waals surface area contributed by atoms with Gasteiger partial charge in [0.15, 0.2) is 0 Å². The molecule has 3 aliphatic rings. The Bertz CT molecular complexity index is 1060. The Kier molecular flexibility index (Phi) is 9.82. The van der Waals surface area contributed by atoms with Crippen LogP contribution in [-0.2, 0) is 17.8 Å². The lowest BCUT2D eigenvalue weighted by Crippen LogP contribution is -2.42. The summed E-state index contributed by atoms with van der Waals surface area (Å²) in [5.74, 6) is 3.72. The molecular weight excluding hydrogens is 480 g/mol. The second-order valence-corrected chi connectivity index (χ2v) is 13.0. The molecule has 0 spiro atoms. The van der Waals surface area contributed by atoms with Crippen LogP contribution in [0.2, 0.25) is 0 Å². The van der Waals surface area contributed by atoms with Gasteiger partial charge in [0, 0.05) is 17.9 Å². The number of Topliss-reactive ketones (excluding diaryl/α,β-unsaturated/α-hetero) is 1. The molecular formula is C36H50O3. The number of ketones is 1. The van der Waals surface area contributed by atoms with Gasteiger partial charge in [-0.05, 0) is 91.5 Å². The molecule has 3 nitrogen and oxygen atoms in total. The maximum Gasteiger partial charge on any atom is 0.142 e. The van der Waals surface area contributed by atoms with Gasteiger partial charge in [-0.1, -0.05) is 94.7 Å². The highest BCUT2D eigenvalue weighted by molar-refractivity contribution is 5.89. The van der Waals surface area contributed by atoms with Crippen molar-refractivity contribution in [2.75, 3.05) is 6.61 Å². The minimum atomic E-state index is -0.0867. The number of ether oxygens (including phenoxy) is 1. The lowest BCUT2D eigenvalue weighted by atomic mass is 9.55. The van der Waals surface area contributed by atoms with Crippen molar-refractivity contribution in [2.24, 2.45) is 23.2 Å². The fourth-order valence-corrected chi connectivity index (χ4v) is 8.32. The SMILES string of the molecule is C[C@]12CC[C@@H]3c4ccc(OCc5ccccc5)cc4CC[C@H]3[C@@H]1C[C@H](CCCCCCCCCCCO)C2=O. The summed E-state index contributed by atoms with van der Waals surface area (Å²) >= 11 is 0. The zero-order valence-corrected chi connectivity index (χ0v) is 24.2. The van der Waals surface area contributed by atoms with Gasteiger partial charge in [-0.3, -0.25) is 4.79 Å². The third-order valence-electron chi connectivity index (χ3n) is 10.5. The van der Waals surface area contributed by atoms with E-state index in [-0.39, 0.29) is 5.41 Å². The van der Waals surface area contributed by atoms with Gasteiger partial charge in [0.25, 0.3) is 0 Å². The molecule has 0 saturated heterocycles. The van der Waals surface area contributed by atoms with Crippen LogP contribution < -0.4 is 4.74 Å². The Balaban J connectivity index is 1.11. The Labute approximate surface area is 236 Å². The third kappa shape index (κ3) is 6.62. The average Bonchev–Trinajstić information content (AvgIpc) is 3.23. The Morgan fingerprint density at radius 3 is 2.36 bits per heavy atom. The molecule has 39 heavy (non-hydrogen) atoms. The maximum atomic E-state index is 13.7. The zero-order valence-electron chi connectivity index (χ0n) is 24.2. The highest BCUT2D eigenvalue weighted by Gasteiger charge is 2.57. The number of aryl methyl sites for hydroxylation is 1. The summed E-state index contributed by atoms with van der Waals surface area (Å²) in [5, 5.41) is 8.88. The number of aliphatic hydroxyl groups is 1. The van der Waals surface area contributed by atoms with E-state index in [9.17, 15) is 4.79 Å². The number of carbonyl (C=O) groups is 1. The van der Waals surface area contributed by atoms with Gasteiger partial charge >= 0.3 is 0 Å². The van der Waals surface area contributed by atoms with Crippen molar-refractivity contribution >= 4 is 5.78 Å². The van der Waals surface area contributed by atoms with Crippen molar-refractivity contribution in [3.05, 3.63) is 65.2 Å². The van der Waals surface area contributed by atoms with Crippen LogP contribution in [0.3, 0.4) is 0 Å². The molecule has 0 heterocycles. The van der Waals surface area contributed by atoms with Crippen LogP contribution in [0.5, 0.6) is 5.75 Å². The van der Waals surface area contributed by atoms with Crippen molar-refractivity contribution in [1.29, 1.82) is 0 Å². The van der Waals surface area contributed by atoms with Crippen LogP contribution in [-0.4, -0.2) is 17.5 Å². The molecule has 0 unspecified atom stereocenters. The molecule has 2 fully saturated rings. The van der Waals surface area contributed by atoms with Crippen molar-refractivity contribution in [3.63, 3.8) is 0 Å². The summed E-state index contributed by atoms with van der Waals surface area (Å²) in [6.45, 7) is 3.27. The van der Waals surface area contributed by atoms with E-state index in [2.05, 4.69) is 49.4 Å². The molecule has 5 rings (SSSR count). The van der Waals surface area contributed by atoms with Crippen molar-refractivity contribution in [1.82, 2.24) is 0 Å². The lowest BCUT2D eigenvalue weighted by Gasteiger charge is -2.48. The number of carbonyl (C=O) groups excluding carboxylic acids is 1. The smallest absolute Gasteiger partial charge is 0.142 e. The summed E-state index contributed by atoms with van der Waals surface area (Å²) < 4.78 is 6.14. The molecule has 2 saturated carbocycles. The van der Waals surface area contributed by atoms with E-state index in [4.69, 9.17) is 9.84 Å². The molecule has 5 atom stereocenters. The van der Waals surface area contributed by atoms with Crippen molar-refractivity contribution in [2.45, 2.75) is 116 Å². The van der Waals surface area contributed by atoms with E-state index < -0.39 is 0 Å². The predicted octanol–water partition coefficient (Wildman–Crippen LogP) is 8.81. The lowest BCUT2D eigenvalue weighted by molar-refractivity contribution is -0.132. The van der Waals surface area contributed by atoms with Crippen molar-refractivity contribution < 1.29 is 14.6 Å². The average molecular weight is 531 g/mol. The largest absolute Gasteiger partial charge is 0.489 e. The second-order valence-electron chi connectivity index (χ2n) is 13.0. The first-order chi connectivity index (χ1) is 19.1. The highest BCUT2D eigenvalue weighted by atomic mass is 16.5. The molecule has 212 valence electrons. The molecule has 1 N–H and O–H groups in total. The van der Waals surface area contributed by atoms with E-state index in [1.165, 1.54) is 68.1 Å². The van der Waals surface area contributed by atoms with Crippen LogP contribution >= 0.6 is 0 Å². The number of aliphatic hydroxyl groups excluding tert-OH is 1. The Hall–Kier alpha value is -2.13.